The number of aliphatic hydroxyl groups is 1. The highest BCUT2D eigenvalue weighted by atomic mass is 16.5. The molecule has 0 spiro atoms. The van der Waals surface area contributed by atoms with E-state index >= 15 is 0 Å². The molecule has 0 fully saturated rings. The van der Waals surface area contributed by atoms with Crippen molar-refractivity contribution in [3.8, 4) is 16.9 Å². The maximum atomic E-state index is 9.21. The van der Waals surface area contributed by atoms with E-state index in [0.717, 1.165) is 28.0 Å². The van der Waals surface area contributed by atoms with Crippen LogP contribution in [-0.2, 0) is 13.2 Å². The van der Waals surface area contributed by atoms with Crippen LogP contribution in [0.15, 0.2) is 73.1 Å². The van der Waals surface area contributed by atoms with E-state index in [1.165, 1.54) is 0 Å². The van der Waals surface area contributed by atoms with Gasteiger partial charge in [-0.2, -0.15) is 0 Å². The van der Waals surface area contributed by atoms with Gasteiger partial charge in [-0.05, 0) is 34.9 Å². The SMILES string of the molecule is OCc1cncc(-c2cccc(OCc3ccccc3)c2)c1. The van der Waals surface area contributed by atoms with Crippen molar-refractivity contribution in [1.29, 1.82) is 0 Å². The molecule has 0 amide bonds. The monoisotopic (exact) mass is 291 g/mol. The minimum atomic E-state index is -0.00889. The van der Waals surface area contributed by atoms with Crippen LogP contribution < -0.4 is 4.74 Å². The molecule has 3 heteroatoms. The molecule has 1 heterocycles. The second kappa shape index (κ2) is 6.87. The third-order valence-electron chi connectivity index (χ3n) is 3.39. The molecule has 0 saturated carbocycles. The van der Waals surface area contributed by atoms with E-state index in [0.29, 0.717) is 6.61 Å². The zero-order valence-corrected chi connectivity index (χ0v) is 12.1. The van der Waals surface area contributed by atoms with Crippen molar-refractivity contribution in [2.75, 3.05) is 0 Å². The number of ether oxygens (including phenoxy) is 1. The predicted octanol–water partition coefficient (Wildman–Crippen LogP) is 3.82. The van der Waals surface area contributed by atoms with Gasteiger partial charge in [0.1, 0.15) is 12.4 Å². The molecule has 3 rings (SSSR count). The van der Waals surface area contributed by atoms with Gasteiger partial charge in [0, 0.05) is 18.0 Å². The Morgan fingerprint density at radius 1 is 0.818 bits per heavy atom. The van der Waals surface area contributed by atoms with Gasteiger partial charge in [-0.1, -0.05) is 42.5 Å². The first-order chi connectivity index (χ1) is 10.8. The number of nitrogens with zero attached hydrogens (tertiary/aromatic N) is 1. The van der Waals surface area contributed by atoms with E-state index in [9.17, 15) is 5.11 Å². The molecule has 3 nitrogen and oxygen atoms in total. The number of hydrogen-bond acceptors (Lipinski definition) is 3. The van der Waals surface area contributed by atoms with Crippen molar-refractivity contribution in [3.05, 3.63) is 84.2 Å². The van der Waals surface area contributed by atoms with Crippen LogP contribution >= 0.6 is 0 Å². The molecule has 1 aromatic heterocycles. The van der Waals surface area contributed by atoms with Gasteiger partial charge in [-0.25, -0.2) is 0 Å². The first kappa shape index (κ1) is 14.3. The molecule has 3 aromatic rings. The number of aliphatic hydroxyl groups excluding tert-OH is 1. The summed E-state index contributed by atoms with van der Waals surface area (Å²) in [5, 5.41) is 9.21. The van der Waals surface area contributed by atoms with Crippen molar-refractivity contribution >= 4 is 0 Å². The predicted molar refractivity (Wildman–Crippen MR) is 86.4 cm³/mol. The van der Waals surface area contributed by atoms with Gasteiger partial charge in [0.05, 0.1) is 6.61 Å². The van der Waals surface area contributed by atoms with Gasteiger partial charge in [0.2, 0.25) is 0 Å². The van der Waals surface area contributed by atoms with Gasteiger partial charge in [-0.3, -0.25) is 4.98 Å². The zero-order chi connectivity index (χ0) is 15.2. The maximum Gasteiger partial charge on any atom is 0.120 e. The molecule has 1 N–H and O–H groups in total. The lowest BCUT2D eigenvalue weighted by Crippen LogP contribution is -1.95. The lowest BCUT2D eigenvalue weighted by atomic mass is 10.1. The van der Waals surface area contributed by atoms with Crippen LogP contribution in [0.4, 0.5) is 0 Å². The van der Waals surface area contributed by atoms with E-state index in [1.807, 2.05) is 60.7 Å². The van der Waals surface area contributed by atoms with Crippen LogP contribution in [0, 0.1) is 0 Å². The van der Waals surface area contributed by atoms with Crippen LogP contribution in [0.5, 0.6) is 5.75 Å². The third kappa shape index (κ3) is 3.51. The fourth-order valence-corrected chi connectivity index (χ4v) is 2.24. The maximum absolute atomic E-state index is 9.21. The Morgan fingerprint density at radius 3 is 2.50 bits per heavy atom. The summed E-state index contributed by atoms with van der Waals surface area (Å²) in [6, 6.07) is 19.9. The Morgan fingerprint density at radius 2 is 1.68 bits per heavy atom. The molecular weight excluding hydrogens is 274 g/mol. The molecule has 0 aliphatic rings. The second-order valence-electron chi connectivity index (χ2n) is 5.04. The third-order valence-corrected chi connectivity index (χ3v) is 3.39. The van der Waals surface area contributed by atoms with Crippen LogP contribution in [0.3, 0.4) is 0 Å². The lowest BCUT2D eigenvalue weighted by Gasteiger charge is -2.09. The molecule has 110 valence electrons. The Bertz CT molecular complexity index is 741. The highest BCUT2D eigenvalue weighted by Crippen LogP contribution is 2.24. The molecule has 0 bridgehead atoms. The molecule has 0 atom stereocenters. The summed E-state index contributed by atoms with van der Waals surface area (Å²) in [5.41, 5.74) is 3.93. The minimum absolute atomic E-state index is 0.00889. The Labute approximate surface area is 129 Å². The number of benzene rings is 2. The number of aromatic nitrogens is 1. The Hall–Kier alpha value is -2.65. The van der Waals surface area contributed by atoms with Gasteiger partial charge in [0.15, 0.2) is 0 Å². The molecule has 0 aliphatic carbocycles. The van der Waals surface area contributed by atoms with Crippen molar-refractivity contribution in [1.82, 2.24) is 4.98 Å². The van der Waals surface area contributed by atoms with E-state index in [-0.39, 0.29) is 6.61 Å². The van der Waals surface area contributed by atoms with Crippen molar-refractivity contribution < 1.29 is 9.84 Å². The largest absolute Gasteiger partial charge is 0.489 e. The summed E-state index contributed by atoms with van der Waals surface area (Å²) in [4.78, 5) is 4.15. The summed E-state index contributed by atoms with van der Waals surface area (Å²) in [5.74, 6) is 0.816. The van der Waals surface area contributed by atoms with E-state index in [4.69, 9.17) is 4.74 Å². The van der Waals surface area contributed by atoms with Crippen molar-refractivity contribution in [2.45, 2.75) is 13.2 Å². The summed E-state index contributed by atoms with van der Waals surface area (Å²) < 4.78 is 5.84. The summed E-state index contributed by atoms with van der Waals surface area (Å²) in [6.07, 6.45) is 3.45. The number of pyridine rings is 1. The fourth-order valence-electron chi connectivity index (χ4n) is 2.24. The topological polar surface area (TPSA) is 42.4 Å². The lowest BCUT2D eigenvalue weighted by molar-refractivity contribution is 0.281. The average Bonchev–Trinajstić information content (AvgIpc) is 2.61. The molecule has 0 aliphatic heterocycles. The normalized spacial score (nSPS) is 10.4. The van der Waals surface area contributed by atoms with Crippen molar-refractivity contribution in [3.63, 3.8) is 0 Å². The minimum Gasteiger partial charge on any atom is -0.489 e. The quantitative estimate of drug-likeness (QED) is 0.777. The van der Waals surface area contributed by atoms with E-state index in [2.05, 4.69) is 4.98 Å². The molecule has 0 unspecified atom stereocenters. The Kier molecular flexibility index (Phi) is 4.47. The smallest absolute Gasteiger partial charge is 0.120 e. The zero-order valence-electron chi connectivity index (χ0n) is 12.1. The number of hydrogen-bond donors (Lipinski definition) is 1. The number of rotatable bonds is 5. The highest BCUT2D eigenvalue weighted by Gasteiger charge is 2.02. The van der Waals surface area contributed by atoms with Gasteiger partial charge in [-0.15, -0.1) is 0 Å². The summed E-state index contributed by atoms with van der Waals surface area (Å²) in [6.45, 7) is 0.532. The standard InChI is InChI=1S/C19H17NO2/c21-13-16-9-18(12-20-11-16)17-7-4-8-19(10-17)22-14-15-5-2-1-3-6-15/h1-12,21H,13-14H2. The second-order valence-corrected chi connectivity index (χ2v) is 5.04. The van der Waals surface area contributed by atoms with E-state index in [1.54, 1.807) is 12.4 Å². The average molecular weight is 291 g/mol. The first-order valence-electron chi connectivity index (χ1n) is 7.17. The molecule has 22 heavy (non-hydrogen) atoms. The summed E-state index contributed by atoms with van der Waals surface area (Å²) in [7, 11) is 0. The van der Waals surface area contributed by atoms with Crippen LogP contribution in [0.25, 0.3) is 11.1 Å². The molecular formula is C19H17NO2. The fraction of sp³-hybridized carbons (Fsp3) is 0.105. The first-order valence-corrected chi connectivity index (χ1v) is 7.17. The molecule has 0 saturated heterocycles. The highest BCUT2D eigenvalue weighted by molar-refractivity contribution is 5.64. The summed E-state index contributed by atoms with van der Waals surface area (Å²) >= 11 is 0. The van der Waals surface area contributed by atoms with Crippen LogP contribution in [-0.4, -0.2) is 10.1 Å². The van der Waals surface area contributed by atoms with Crippen LogP contribution in [0.2, 0.25) is 0 Å². The molecule has 0 radical (unpaired) electrons. The van der Waals surface area contributed by atoms with Crippen molar-refractivity contribution in [2.24, 2.45) is 0 Å². The van der Waals surface area contributed by atoms with Gasteiger partial charge < -0.3 is 9.84 Å². The van der Waals surface area contributed by atoms with Gasteiger partial charge >= 0.3 is 0 Å². The molecule has 2 aromatic carbocycles. The van der Waals surface area contributed by atoms with Crippen LogP contribution in [0.1, 0.15) is 11.1 Å². The van der Waals surface area contributed by atoms with Gasteiger partial charge in [0.25, 0.3) is 0 Å². The Balaban J connectivity index is 1.77. The van der Waals surface area contributed by atoms with E-state index < -0.39 is 0 Å².